The third-order valence-electron chi connectivity index (χ3n) is 4.46. The third-order valence-corrected chi connectivity index (χ3v) is 5.37. The Kier molecular flexibility index (Phi) is 4.33. The molecule has 7 heteroatoms. The molecule has 0 spiro atoms. The van der Waals surface area contributed by atoms with E-state index in [0.29, 0.717) is 25.1 Å². The van der Waals surface area contributed by atoms with Crippen molar-refractivity contribution < 1.29 is 9.90 Å². The van der Waals surface area contributed by atoms with Crippen LogP contribution in [0.4, 0.5) is 5.82 Å². The fourth-order valence-corrected chi connectivity index (χ4v) is 3.91. The summed E-state index contributed by atoms with van der Waals surface area (Å²) >= 11 is 1.57. The third kappa shape index (κ3) is 3.20. The van der Waals surface area contributed by atoms with Crippen molar-refractivity contribution in [1.82, 2.24) is 14.9 Å². The maximum absolute atomic E-state index is 12.5. The van der Waals surface area contributed by atoms with Gasteiger partial charge in [0.15, 0.2) is 0 Å². The molecule has 2 N–H and O–H groups in total. The Morgan fingerprint density at radius 3 is 2.88 bits per heavy atom. The molecule has 1 saturated heterocycles. The molecule has 2 atom stereocenters. The van der Waals surface area contributed by atoms with E-state index in [1.54, 1.807) is 28.4 Å². The van der Waals surface area contributed by atoms with Crippen LogP contribution in [-0.2, 0) is 0 Å². The van der Waals surface area contributed by atoms with E-state index in [1.165, 1.54) is 6.33 Å². The Morgan fingerprint density at radius 1 is 1.24 bits per heavy atom. The molecule has 0 aliphatic carbocycles. The number of aliphatic hydroxyl groups is 1. The van der Waals surface area contributed by atoms with Crippen LogP contribution in [-0.4, -0.2) is 51.1 Å². The second-order valence-corrected chi connectivity index (χ2v) is 7.00. The number of aromatic nitrogens is 2. The second-order valence-electron chi connectivity index (χ2n) is 6.08. The summed E-state index contributed by atoms with van der Waals surface area (Å²) in [5.41, 5.74) is 1.55. The molecule has 6 nitrogen and oxygen atoms in total. The standard InChI is InChI=1S/C18H18N4O2S/c23-15-10-22(18(24)12-4-2-1-3-5-12)8-6-13(15)21-17-16-14(7-9-25-16)19-11-20-17/h1-5,7,9,11,13,15,23H,6,8,10H2,(H,19,20,21)/t13-,15-/m1/s1. The summed E-state index contributed by atoms with van der Waals surface area (Å²) in [5.74, 6) is 0.702. The van der Waals surface area contributed by atoms with Crippen LogP contribution in [0.2, 0.25) is 0 Å². The highest BCUT2D eigenvalue weighted by molar-refractivity contribution is 7.17. The first-order valence-electron chi connectivity index (χ1n) is 8.19. The van der Waals surface area contributed by atoms with Crippen molar-refractivity contribution in [2.75, 3.05) is 18.4 Å². The van der Waals surface area contributed by atoms with Gasteiger partial charge in [0.05, 0.1) is 22.4 Å². The summed E-state index contributed by atoms with van der Waals surface area (Å²) in [5, 5.41) is 15.8. The predicted molar refractivity (Wildman–Crippen MR) is 97.8 cm³/mol. The van der Waals surface area contributed by atoms with Gasteiger partial charge in [-0.1, -0.05) is 18.2 Å². The molecule has 4 rings (SSSR count). The summed E-state index contributed by atoms with van der Waals surface area (Å²) in [6.45, 7) is 0.908. The highest BCUT2D eigenvalue weighted by Crippen LogP contribution is 2.27. The number of carbonyl (C=O) groups is 1. The van der Waals surface area contributed by atoms with Gasteiger partial charge in [-0.15, -0.1) is 11.3 Å². The van der Waals surface area contributed by atoms with Gasteiger partial charge >= 0.3 is 0 Å². The minimum Gasteiger partial charge on any atom is -0.389 e. The van der Waals surface area contributed by atoms with E-state index in [9.17, 15) is 9.90 Å². The van der Waals surface area contributed by atoms with E-state index in [4.69, 9.17) is 0 Å². The SMILES string of the molecule is O=C(c1ccccc1)N1CC[C@@H](Nc2ncnc3ccsc23)[C@H](O)C1. The summed E-state index contributed by atoms with van der Waals surface area (Å²) in [7, 11) is 0. The topological polar surface area (TPSA) is 78.4 Å². The van der Waals surface area contributed by atoms with Crippen LogP contribution in [0.1, 0.15) is 16.8 Å². The van der Waals surface area contributed by atoms with E-state index < -0.39 is 6.10 Å². The predicted octanol–water partition coefficient (Wildman–Crippen LogP) is 2.38. The van der Waals surface area contributed by atoms with Gasteiger partial charge < -0.3 is 15.3 Å². The first-order valence-corrected chi connectivity index (χ1v) is 9.07. The number of anilines is 1. The number of fused-ring (bicyclic) bond motifs is 1. The molecule has 0 unspecified atom stereocenters. The quantitative estimate of drug-likeness (QED) is 0.755. The van der Waals surface area contributed by atoms with Gasteiger partial charge in [-0.3, -0.25) is 4.79 Å². The summed E-state index contributed by atoms with van der Waals surface area (Å²) < 4.78 is 0.984. The number of aliphatic hydroxyl groups excluding tert-OH is 1. The van der Waals surface area contributed by atoms with Crippen LogP contribution in [0.15, 0.2) is 48.1 Å². The number of likely N-dealkylation sites (tertiary alicyclic amines) is 1. The molecule has 1 aliphatic rings. The van der Waals surface area contributed by atoms with Crippen LogP contribution in [0.5, 0.6) is 0 Å². The molecule has 3 aromatic rings. The van der Waals surface area contributed by atoms with Crippen molar-refractivity contribution in [3.05, 3.63) is 53.7 Å². The zero-order valence-electron chi connectivity index (χ0n) is 13.5. The Labute approximate surface area is 149 Å². The lowest BCUT2D eigenvalue weighted by Crippen LogP contribution is -2.51. The van der Waals surface area contributed by atoms with Gasteiger partial charge in [-0.2, -0.15) is 0 Å². The number of nitrogens with one attached hydrogen (secondary N) is 1. The first kappa shape index (κ1) is 16.0. The number of thiophene rings is 1. The second kappa shape index (κ2) is 6.78. The molecule has 2 aromatic heterocycles. The number of benzene rings is 1. The Hall–Kier alpha value is -2.51. The fourth-order valence-electron chi connectivity index (χ4n) is 3.11. The molecule has 1 fully saturated rings. The smallest absolute Gasteiger partial charge is 0.253 e. The van der Waals surface area contributed by atoms with Crippen LogP contribution >= 0.6 is 11.3 Å². The van der Waals surface area contributed by atoms with E-state index in [0.717, 1.165) is 16.0 Å². The number of rotatable bonds is 3. The zero-order chi connectivity index (χ0) is 17.2. The minimum atomic E-state index is -0.647. The molecule has 128 valence electrons. The van der Waals surface area contributed by atoms with E-state index in [-0.39, 0.29) is 11.9 Å². The molecule has 1 amide bonds. The summed E-state index contributed by atoms with van der Waals surface area (Å²) in [6.07, 6.45) is 1.54. The Morgan fingerprint density at radius 2 is 2.08 bits per heavy atom. The molecule has 0 bridgehead atoms. The van der Waals surface area contributed by atoms with E-state index in [2.05, 4.69) is 15.3 Å². The van der Waals surface area contributed by atoms with Crippen molar-refractivity contribution in [1.29, 1.82) is 0 Å². The fraction of sp³-hybridized carbons (Fsp3) is 0.278. The number of nitrogens with zero attached hydrogens (tertiary/aromatic N) is 3. The lowest BCUT2D eigenvalue weighted by molar-refractivity contribution is 0.0426. The normalized spacial score (nSPS) is 20.6. The van der Waals surface area contributed by atoms with Crippen LogP contribution < -0.4 is 5.32 Å². The molecule has 0 saturated carbocycles. The highest BCUT2D eigenvalue weighted by Gasteiger charge is 2.31. The van der Waals surface area contributed by atoms with Gasteiger partial charge in [-0.05, 0) is 30.0 Å². The Balaban J connectivity index is 1.45. The average molecular weight is 354 g/mol. The Bertz CT molecular complexity index is 883. The number of β-amino-alcohol motifs (C(OH)–C–C–N with tert-alkyl or cyclic N) is 1. The van der Waals surface area contributed by atoms with Gasteiger partial charge in [0, 0.05) is 18.7 Å². The minimum absolute atomic E-state index is 0.0409. The molecule has 0 radical (unpaired) electrons. The van der Waals surface area contributed by atoms with Crippen LogP contribution in [0.3, 0.4) is 0 Å². The van der Waals surface area contributed by atoms with Gasteiger partial charge in [0.25, 0.3) is 5.91 Å². The van der Waals surface area contributed by atoms with E-state index in [1.807, 2.05) is 29.6 Å². The monoisotopic (exact) mass is 354 g/mol. The number of hydrogen-bond acceptors (Lipinski definition) is 6. The van der Waals surface area contributed by atoms with Crippen molar-refractivity contribution in [2.24, 2.45) is 0 Å². The molecule has 25 heavy (non-hydrogen) atoms. The van der Waals surface area contributed by atoms with Gasteiger partial charge in [-0.25, -0.2) is 9.97 Å². The van der Waals surface area contributed by atoms with Crippen molar-refractivity contribution >= 4 is 33.3 Å². The summed E-state index contributed by atoms with van der Waals surface area (Å²) in [6, 6.07) is 11.0. The van der Waals surface area contributed by atoms with Gasteiger partial charge in [0.1, 0.15) is 12.1 Å². The highest BCUT2D eigenvalue weighted by atomic mass is 32.1. The molecular formula is C18H18N4O2S. The summed E-state index contributed by atoms with van der Waals surface area (Å²) in [4.78, 5) is 22.8. The maximum Gasteiger partial charge on any atom is 0.253 e. The molecule has 3 heterocycles. The van der Waals surface area contributed by atoms with Crippen molar-refractivity contribution in [3.63, 3.8) is 0 Å². The number of carbonyl (C=O) groups excluding carboxylic acids is 1. The molecular weight excluding hydrogens is 336 g/mol. The lowest BCUT2D eigenvalue weighted by atomic mass is 10.0. The van der Waals surface area contributed by atoms with E-state index >= 15 is 0 Å². The van der Waals surface area contributed by atoms with Crippen LogP contribution in [0, 0.1) is 0 Å². The number of piperidine rings is 1. The molecule has 1 aromatic carbocycles. The first-order chi connectivity index (χ1) is 12.2. The lowest BCUT2D eigenvalue weighted by Gasteiger charge is -2.36. The van der Waals surface area contributed by atoms with Crippen LogP contribution in [0.25, 0.3) is 10.2 Å². The average Bonchev–Trinajstić information content (AvgIpc) is 3.13. The van der Waals surface area contributed by atoms with Gasteiger partial charge in [0.2, 0.25) is 0 Å². The van der Waals surface area contributed by atoms with Crippen molar-refractivity contribution in [2.45, 2.75) is 18.6 Å². The van der Waals surface area contributed by atoms with Crippen molar-refractivity contribution in [3.8, 4) is 0 Å². The zero-order valence-corrected chi connectivity index (χ0v) is 14.3. The number of amides is 1. The maximum atomic E-state index is 12.5. The molecule has 1 aliphatic heterocycles. The largest absolute Gasteiger partial charge is 0.389 e. The number of hydrogen-bond donors (Lipinski definition) is 2.